The maximum Gasteiger partial charge on any atom is 0.152 e. The number of aromatic nitrogens is 2. The molecule has 0 fully saturated rings. The largest absolute Gasteiger partial charge is 0.394 e. The molecular weight excluding hydrogens is 260 g/mol. The fourth-order valence-corrected chi connectivity index (χ4v) is 2.13. The molecule has 1 aromatic heterocycles. The Morgan fingerprint density at radius 1 is 1.37 bits per heavy atom. The number of hydrogen-bond acceptors (Lipinski definition) is 3. The number of hydrogen-bond donors (Lipinski definition) is 2. The lowest BCUT2D eigenvalue weighted by Crippen LogP contribution is -2.06. The summed E-state index contributed by atoms with van der Waals surface area (Å²) in [5.74, 6) is 0.812. The van der Waals surface area contributed by atoms with Crippen LogP contribution in [-0.4, -0.2) is 9.78 Å². The highest BCUT2D eigenvalue weighted by atomic mass is 35.5. The molecule has 4 nitrogen and oxygen atoms in total. The summed E-state index contributed by atoms with van der Waals surface area (Å²) < 4.78 is 1.89. The lowest BCUT2D eigenvalue weighted by molar-refractivity contribution is 0.605. The van der Waals surface area contributed by atoms with Gasteiger partial charge in [-0.1, -0.05) is 24.6 Å². The van der Waals surface area contributed by atoms with Crippen LogP contribution >= 0.6 is 11.6 Å². The van der Waals surface area contributed by atoms with E-state index in [1.54, 1.807) is 0 Å². The topological polar surface area (TPSA) is 55.9 Å². The van der Waals surface area contributed by atoms with Gasteiger partial charge in [0.05, 0.1) is 22.1 Å². The molecule has 19 heavy (non-hydrogen) atoms. The lowest BCUT2D eigenvalue weighted by atomic mass is 10.2. The van der Waals surface area contributed by atoms with E-state index in [0.29, 0.717) is 10.7 Å². The van der Waals surface area contributed by atoms with Gasteiger partial charge in [0, 0.05) is 6.54 Å². The van der Waals surface area contributed by atoms with Gasteiger partial charge in [0.1, 0.15) is 0 Å². The Kier molecular flexibility index (Phi) is 4.00. The SMILES string of the molecule is CCCn1nc(C)c(N)c1Nc1cc(C)ccc1Cl. The van der Waals surface area contributed by atoms with Gasteiger partial charge >= 0.3 is 0 Å². The van der Waals surface area contributed by atoms with E-state index in [0.717, 1.165) is 35.7 Å². The molecule has 0 aliphatic rings. The Hall–Kier alpha value is -1.68. The number of nitrogens with two attached hydrogens (primary N) is 1. The van der Waals surface area contributed by atoms with Gasteiger partial charge in [0.25, 0.3) is 0 Å². The monoisotopic (exact) mass is 278 g/mol. The Bertz CT molecular complexity index is 589. The second-order valence-electron chi connectivity index (χ2n) is 4.68. The van der Waals surface area contributed by atoms with Crippen LogP contribution in [0.5, 0.6) is 0 Å². The molecule has 0 aliphatic heterocycles. The average Bonchev–Trinajstić information content (AvgIpc) is 2.62. The first kappa shape index (κ1) is 13.7. The Morgan fingerprint density at radius 2 is 2.11 bits per heavy atom. The van der Waals surface area contributed by atoms with Gasteiger partial charge in [-0.25, -0.2) is 4.68 Å². The third-order valence-electron chi connectivity index (χ3n) is 2.98. The minimum atomic E-state index is 0.672. The van der Waals surface area contributed by atoms with Crippen molar-refractivity contribution in [2.75, 3.05) is 11.1 Å². The maximum absolute atomic E-state index is 6.20. The van der Waals surface area contributed by atoms with Crippen LogP contribution in [0.15, 0.2) is 18.2 Å². The molecule has 0 saturated carbocycles. The second kappa shape index (κ2) is 5.53. The normalized spacial score (nSPS) is 10.7. The van der Waals surface area contributed by atoms with Crippen molar-refractivity contribution in [3.05, 3.63) is 34.5 Å². The van der Waals surface area contributed by atoms with Gasteiger partial charge in [-0.15, -0.1) is 0 Å². The van der Waals surface area contributed by atoms with E-state index in [1.807, 2.05) is 36.7 Å². The Morgan fingerprint density at radius 3 is 2.79 bits per heavy atom. The van der Waals surface area contributed by atoms with Gasteiger partial charge in [-0.2, -0.15) is 5.10 Å². The van der Waals surface area contributed by atoms with Crippen LogP contribution in [0.4, 0.5) is 17.2 Å². The zero-order valence-corrected chi connectivity index (χ0v) is 12.3. The molecule has 0 unspecified atom stereocenters. The lowest BCUT2D eigenvalue weighted by Gasteiger charge is -2.12. The molecule has 0 atom stereocenters. The molecule has 0 saturated heterocycles. The summed E-state index contributed by atoms with van der Waals surface area (Å²) in [5, 5.41) is 8.41. The van der Waals surface area contributed by atoms with Crippen molar-refractivity contribution in [1.29, 1.82) is 0 Å². The van der Waals surface area contributed by atoms with Gasteiger partial charge in [0.2, 0.25) is 0 Å². The van der Waals surface area contributed by atoms with Crippen molar-refractivity contribution in [1.82, 2.24) is 9.78 Å². The number of nitrogen functional groups attached to an aromatic ring is 1. The van der Waals surface area contributed by atoms with Crippen LogP contribution in [0.3, 0.4) is 0 Å². The third-order valence-corrected chi connectivity index (χ3v) is 3.31. The molecule has 0 amide bonds. The van der Waals surface area contributed by atoms with Crippen LogP contribution in [0.2, 0.25) is 5.02 Å². The minimum absolute atomic E-state index is 0.672. The highest BCUT2D eigenvalue weighted by Gasteiger charge is 2.13. The van der Waals surface area contributed by atoms with E-state index in [2.05, 4.69) is 17.3 Å². The van der Waals surface area contributed by atoms with Gasteiger partial charge in [-0.05, 0) is 38.0 Å². The summed E-state index contributed by atoms with van der Waals surface area (Å²) in [6.45, 7) is 6.87. The first-order valence-corrected chi connectivity index (χ1v) is 6.76. The molecule has 0 radical (unpaired) electrons. The van der Waals surface area contributed by atoms with Gasteiger partial charge in [-0.3, -0.25) is 0 Å². The smallest absolute Gasteiger partial charge is 0.152 e. The standard InChI is InChI=1S/C14H19ClN4/c1-4-7-19-14(13(16)10(3)18-19)17-12-8-9(2)5-6-11(12)15/h5-6,8,17H,4,7,16H2,1-3H3. The summed E-state index contributed by atoms with van der Waals surface area (Å²) in [4.78, 5) is 0. The van der Waals surface area contributed by atoms with E-state index in [1.165, 1.54) is 0 Å². The Balaban J connectivity index is 2.39. The minimum Gasteiger partial charge on any atom is -0.394 e. The Labute approximate surface area is 118 Å². The molecule has 0 aliphatic carbocycles. The molecule has 0 spiro atoms. The number of nitrogens with zero attached hydrogens (tertiary/aromatic N) is 2. The summed E-state index contributed by atoms with van der Waals surface area (Å²) in [7, 11) is 0. The van der Waals surface area contributed by atoms with Crippen molar-refractivity contribution >= 4 is 28.8 Å². The summed E-state index contributed by atoms with van der Waals surface area (Å²) >= 11 is 6.20. The van der Waals surface area contributed by atoms with Gasteiger partial charge in [0.15, 0.2) is 5.82 Å². The molecule has 3 N–H and O–H groups in total. The fourth-order valence-electron chi connectivity index (χ4n) is 1.96. The highest BCUT2D eigenvalue weighted by molar-refractivity contribution is 6.33. The van der Waals surface area contributed by atoms with E-state index in [4.69, 9.17) is 17.3 Å². The van der Waals surface area contributed by atoms with Crippen LogP contribution in [0.25, 0.3) is 0 Å². The van der Waals surface area contributed by atoms with E-state index in [9.17, 15) is 0 Å². The van der Waals surface area contributed by atoms with Crippen molar-refractivity contribution in [2.45, 2.75) is 33.7 Å². The van der Waals surface area contributed by atoms with Gasteiger partial charge < -0.3 is 11.1 Å². The molecule has 5 heteroatoms. The molecule has 1 aromatic carbocycles. The quantitative estimate of drug-likeness (QED) is 0.892. The van der Waals surface area contributed by atoms with E-state index < -0.39 is 0 Å². The van der Waals surface area contributed by atoms with Crippen molar-refractivity contribution in [3.63, 3.8) is 0 Å². The van der Waals surface area contributed by atoms with E-state index in [-0.39, 0.29) is 0 Å². The van der Waals surface area contributed by atoms with Crippen molar-refractivity contribution in [2.24, 2.45) is 0 Å². The molecule has 102 valence electrons. The van der Waals surface area contributed by atoms with Crippen LogP contribution in [0.1, 0.15) is 24.6 Å². The number of anilines is 3. The average molecular weight is 279 g/mol. The maximum atomic E-state index is 6.20. The second-order valence-corrected chi connectivity index (χ2v) is 5.09. The molecular formula is C14H19ClN4. The first-order valence-electron chi connectivity index (χ1n) is 6.39. The highest BCUT2D eigenvalue weighted by Crippen LogP contribution is 2.30. The molecule has 1 heterocycles. The number of benzene rings is 1. The van der Waals surface area contributed by atoms with Crippen LogP contribution in [-0.2, 0) is 6.54 Å². The number of nitrogens with one attached hydrogen (secondary N) is 1. The first-order chi connectivity index (χ1) is 9.02. The molecule has 0 bridgehead atoms. The predicted octanol–water partition coefficient (Wildman–Crippen LogP) is 3.89. The summed E-state index contributed by atoms with van der Waals surface area (Å²) in [5.41, 5.74) is 9.58. The number of halogens is 1. The zero-order chi connectivity index (χ0) is 14.0. The third kappa shape index (κ3) is 2.84. The number of rotatable bonds is 4. The van der Waals surface area contributed by atoms with Crippen LogP contribution in [0, 0.1) is 13.8 Å². The van der Waals surface area contributed by atoms with Crippen molar-refractivity contribution in [3.8, 4) is 0 Å². The van der Waals surface area contributed by atoms with Crippen molar-refractivity contribution < 1.29 is 0 Å². The molecule has 2 aromatic rings. The summed E-state index contributed by atoms with van der Waals surface area (Å²) in [6.07, 6.45) is 0.997. The summed E-state index contributed by atoms with van der Waals surface area (Å²) in [6, 6.07) is 5.86. The predicted molar refractivity (Wildman–Crippen MR) is 81.1 cm³/mol. The van der Waals surface area contributed by atoms with Crippen LogP contribution < -0.4 is 11.1 Å². The zero-order valence-electron chi connectivity index (χ0n) is 11.5. The number of aryl methyl sites for hydroxylation is 3. The fraction of sp³-hybridized carbons (Fsp3) is 0.357. The molecule has 2 rings (SSSR count). The van der Waals surface area contributed by atoms with E-state index >= 15 is 0 Å².